The van der Waals surface area contributed by atoms with Crippen LogP contribution in [0.5, 0.6) is 0 Å². The van der Waals surface area contributed by atoms with Crippen LogP contribution in [0.3, 0.4) is 0 Å². The Morgan fingerprint density at radius 3 is 2.63 bits per heavy atom. The number of thioether (sulfide) groups is 1. The van der Waals surface area contributed by atoms with Crippen molar-refractivity contribution in [3.05, 3.63) is 0 Å². The SMILES string of the molecule is CCC(=O)N(c1nnc(SCC(=O)N2CC(=O)NC(=O)C23CCCCC3)s1)C1CC1. The Morgan fingerprint density at radius 2 is 1.97 bits per heavy atom. The third kappa shape index (κ3) is 4.09. The molecule has 1 spiro atoms. The lowest BCUT2D eigenvalue weighted by atomic mass is 9.78. The molecule has 0 atom stereocenters. The predicted octanol–water partition coefficient (Wildman–Crippen LogP) is 1.72. The Hall–Kier alpha value is -2.01. The molecule has 0 unspecified atom stereocenters. The Balaban J connectivity index is 1.44. The molecule has 30 heavy (non-hydrogen) atoms. The first-order valence-corrected chi connectivity index (χ1v) is 12.2. The number of hydrogen-bond donors (Lipinski definition) is 1. The Kier molecular flexibility index (Phi) is 6.10. The monoisotopic (exact) mass is 451 g/mol. The number of nitrogens with zero attached hydrogens (tertiary/aromatic N) is 4. The first-order valence-electron chi connectivity index (χ1n) is 10.4. The minimum atomic E-state index is -0.910. The third-order valence-electron chi connectivity index (χ3n) is 5.88. The fourth-order valence-electron chi connectivity index (χ4n) is 4.19. The van der Waals surface area contributed by atoms with E-state index >= 15 is 0 Å². The van der Waals surface area contributed by atoms with Crippen LogP contribution in [-0.4, -0.2) is 62.6 Å². The minimum Gasteiger partial charge on any atom is -0.318 e. The maximum atomic E-state index is 13.0. The number of imide groups is 1. The Labute approximate surface area is 183 Å². The highest BCUT2D eigenvalue weighted by Crippen LogP contribution is 2.38. The van der Waals surface area contributed by atoms with Gasteiger partial charge in [-0.2, -0.15) is 0 Å². The standard InChI is InChI=1S/C19H25N5O4S2/c1-2-14(26)24(12-6-7-12)17-21-22-18(30-17)29-11-15(27)23-10-13(25)20-16(28)19(23)8-4-3-5-9-19/h12H,2-11H2,1H3,(H,20,25,28). The van der Waals surface area contributed by atoms with Crippen LogP contribution in [-0.2, 0) is 19.2 Å². The highest BCUT2D eigenvalue weighted by atomic mass is 32.2. The molecule has 11 heteroatoms. The van der Waals surface area contributed by atoms with E-state index in [1.165, 1.54) is 28.0 Å². The zero-order chi connectivity index (χ0) is 21.3. The first kappa shape index (κ1) is 21.2. The molecule has 2 aliphatic carbocycles. The molecule has 1 aromatic heterocycles. The molecule has 1 saturated heterocycles. The number of anilines is 1. The van der Waals surface area contributed by atoms with Gasteiger partial charge in [-0.25, -0.2) is 0 Å². The molecule has 1 aliphatic heterocycles. The van der Waals surface area contributed by atoms with Crippen molar-refractivity contribution in [1.29, 1.82) is 0 Å². The van der Waals surface area contributed by atoms with Crippen molar-refractivity contribution in [3.8, 4) is 0 Å². The summed E-state index contributed by atoms with van der Waals surface area (Å²) in [5, 5.41) is 11.3. The van der Waals surface area contributed by atoms with Gasteiger partial charge in [0.15, 0.2) is 4.34 Å². The molecule has 2 saturated carbocycles. The van der Waals surface area contributed by atoms with Crippen molar-refractivity contribution < 1.29 is 19.2 Å². The summed E-state index contributed by atoms with van der Waals surface area (Å²) in [5.41, 5.74) is -0.910. The van der Waals surface area contributed by atoms with Crippen molar-refractivity contribution in [2.45, 2.75) is 74.2 Å². The molecule has 0 bridgehead atoms. The fourth-order valence-corrected chi connectivity index (χ4v) is 6.00. The van der Waals surface area contributed by atoms with E-state index in [0.717, 1.165) is 32.1 Å². The second-order valence-electron chi connectivity index (χ2n) is 7.94. The van der Waals surface area contributed by atoms with E-state index in [-0.39, 0.29) is 36.1 Å². The summed E-state index contributed by atoms with van der Waals surface area (Å²) in [5.74, 6) is -0.940. The zero-order valence-electron chi connectivity index (χ0n) is 16.9. The molecule has 0 radical (unpaired) electrons. The van der Waals surface area contributed by atoms with Gasteiger partial charge in [-0.05, 0) is 25.7 Å². The Bertz CT molecular complexity index is 863. The van der Waals surface area contributed by atoms with E-state index in [0.29, 0.717) is 28.7 Å². The van der Waals surface area contributed by atoms with Crippen LogP contribution >= 0.6 is 23.1 Å². The topological polar surface area (TPSA) is 113 Å². The van der Waals surface area contributed by atoms with Gasteiger partial charge in [-0.15, -0.1) is 10.2 Å². The van der Waals surface area contributed by atoms with Crippen molar-refractivity contribution in [3.63, 3.8) is 0 Å². The lowest BCUT2D eigenvalue weighted by Gasteiger charge is -2.47. The van der Waals surface area contributed by atoms with Crippen LogP contribution in [0.4, 0.5) is 5.13 Å². The van der Waals surface area contributed by atoms with Gasteiger partial charge in [0.05, 0.1) is 5.75 Å². The summed E-state index contributed by atoms with van der Waals surface area (Å²) in [6, 6.07) is 0.203. The maximum absolute atomic E-state index is 13.0. The van der Waals surface area contributed by atoms with Crippen molar-refractivity contribution in [2.24, 2.45) is 0 Å². The number of rotatable bonds is 6. The largest absolute Gasteiger partial charge is 0.318 e. The molecule has 4 rings (SSSR count). The van der Waals surface area contributed by atoms with Crippen LogP contribution in [0.25, 0.3) is 0 Å². The molecular formula is C19H25N5O4S2. The molecule has 3 fully saturated rings. The van der Waals surface area contributed by atoms with Gasteiger partial charge in [-0.1, -0.05) is 49.3 Å². The molecule has 1 aromatic rings. The maximum Gasteiger partial charge on any atom is 0.252 e. The van der Waals surface area contributed by atoms with Crippen LogP contribution in [0.2, 0.25) is 0 Å². The summed E-state index contributed by atoms with van der Waals surface area (Å²) in [6.07, 6.45) is 6.27. The molecule has 4 amide bonds. The van der Waals surface area contributed by atoms with Crippen molar-refractivity contribution in [1.82, 2.24) is 20.4 Å². The van der Waals surface area contributed by atoms with Gasteiger partial charge in [0.1, 0.15) is 12.1 Å². The van der Waals surface area contributed by atoms with E-state index in [1.54, 1.807) is 4.90 Å². The average molecular weight is 452 g/mol. The van der Waals surface area contributed by atoms with Gasteiger partial charge < -0.3 is 4.90 Å². The van der Waals surface area contributed by atoms with Gasteiger partial charge in [0.2, 0.25) is 22.9 Å². The van der Waals surface area contributed by atoms with Gasteiger partial charge in [0, 0.05) is 12.5 Å². The van der Waals surface area contributed by atoms with E-state index in [1.807, 2.05) is 6.92 Å². The van der Waals surface area contributed by atoms with E-state index in [4.69, 9.17) is 0 Å². The molecular weight excluding hydrogens is 426 g/mol. The quantitative estimate of drug-likeness (QED) is 0.398. The highest BCUT2D eigenvalue weighted by Gasteiger charge is 2.50. The second-order valence-corrected chi connectivity index (χ2v) is 10.1. The summed E-state index contributed by atoms with van der Waals surface area (Å²) < 4.78 is 0.596. The third-order valence-corrected chi connectivity index (χ3v) is 7.92. The van der Waals surface area contributed by atoms with Crippen molar-refractivity contribution >= 4 is 51.9 Å². The number of carbonyl (C=O) groups is 4. The smallest absolute Gasteiger partial charge is 0.252 e. The van der Waals surface area contributed by atoms with E-state index < -0.39 is 11.4 Å². The second kappa shape index (κ2) is 8.62. The molecule has 3 aliphatic rings. The van der Waals surface area contributed by atoms with E-state index in [2.05, 4.69) is 15.5 Å². The molecule has 2 heterocycles. The Morgan fingerprint density at radius 1 is 1.23 bits per heavy atom. The molecule has 162 valence electrons. The van der Waals surface area contributed by atoms with Gasteiger partial charge in [-0.3, -0.25) is 29.4 Å². The number of nitrogens with one attached hydrogen (secondary N) is 1. The average Bonchev–Trinajstić information content (AvgIpc) is 3.47. The summed E-state index contributed by atoms with van der Waals surface area (Å²) in [4.78, 5) is 53.0. The fraction of sp³-hybridized carbons (Fsp3) is 0.684. The molecule has 1 N–H and O–H groups in total. The lowest BCUT2D eigenvalue weighted by Crippen LogP contribution is -2.69. The number of aromatic nitrogens is 2. The summed E-state index contributed by atoms with van der Waals surface area (Å²) in [6.45, 7) is 1.73. The van der Waals surface area contributed by atoms with Crippen LogP contribution in [0.1, 0.15) is 58.3 Å². The summed E-state index contributed by atoms with van der Waals surface area (Å²) >= 11 is 2.53. The number of hydrogen-bond acceptors (Lipinski definition) is 8. The van der Waals surface area contributed by atoms with Crippen LogP contribution in [0.15, 0.2) is 4.34 Å². The number of carbonyl (C=O) groups excluding carboxylic acids is 4. The van der Waals surface area contributed by atoms with Gasteiger partial charge in [0.25, 0.3) is 5.91 Å². The molecule has 9 nitrogen and oxygen atoms in total. The van der Waals surface area contributed by atoms with E-state index in [9.17, 15) is 19.2 Å². The summed E-state index contributed by atoms with van der Waals surface area (Å²) in [7, 11) is 0. The number of amides is 4. The first-order chi connectivity index (χ1) is 14.4. The van der Waals surface area contributed by atoms with Gasteiger partial charge >= 0.3 is 0 Å². The minimum absolute atomic E-state index is 0.0263. The van der Waals surface area contributed by atoms with Crippen LogP contribution in [0, 0.1) is 0 Å². The molecule has 0 aromatic carbocycles. The van der Waals surface area contributed by atoms with Crippen LogP contribution < -0.4 is 10.2 Å². The normalized spacial score (nSPS) is 20.9. The zero-order valence-corrected chi connectivity index (χ0v) is 18.5. The lowest BCUT2D eigenvalue weighted by molar-refractivity contribution is -0.158. The predicted molar refractivity (Wildman–Crippen MR) is 112 cm³/mol. The van der Waals surface area contributed by atoms with Crippen molar-refractivity contribution in [2.75, 3.05) is 17.2 Å². The highest BCUT2D eigenvalue weighted by molar-refractivity contribution is 8.01. The number of piperazine rings is 1.